The van der Waals surface area contributed by atoms with Crippen LogP contribution in [0.2, 0.25) is 0 Å². The molecule has 1 aromatic rings. The lowest BCUT2D eigenvalue weighted by Crippen LogP contribution is -2.60. The highest BCUT2D eigenvalue weighted by Gasteiger charge is 2.89. The van der Waals surface area contributed by atoms with Crippen molar-refractivity contribution in [1.29, 1.82) is 0 Å². The maximum absolute atomic E-state index is 13.3. The number of imide groups is 1. The number of halogens is 4. The highest BCUT2D eigenvalue weighted by Crippen LogP contribution is 2.75. The quantitative estimate of drug-likeness (QED) is 0.380. The van der Waals surface area contributed by atoms with Gasteiger partial charge in [0.25, 0.3) is 0 Å². The molecule has 4 rings (SSSR count). The van der Waals surface area contributed by atoms with Gasteiger partial charge in [-0.05, 0) is 12.0 Å². The van der Waals surface area contributed by atoms with E-state index in [-0.39, 0.29) is 16.6 Å². The second-order valence-electron chi connectivity index (χ2n) is 7.10. The summed E-state index contributed by atoms with van der Waals surface area (Å²) in [4.78, 5) is 24.3. The first-order chi connectivity index (χ1) is 13.2. The second-order valence-corrected chi connectivity index (χ2v) is 9.04. The van der Waals surface area contributed by atoms with Crippen LogP contribution in [0.15, 0.2) is 40.4 Å². The molecule has 1 heterocycles. The maximum atomic E-state index is 13.3. The minimum absolute atomic E-state index is 0.0261. The van der Waals surface area contributed by atoms with Crippen LogP contribution in [0, 0.1) is 11.8 Å². The van der Waals surface area contributed by atoms with E-state index >= 15 is 0 Å². The smallest absolute Gasteiger partial charge is 0.235 e. The summed E-state index contributed by atoms with van der Waals surface area (Å²) in [6, 6.07) is 9.55. The number of fused-ring (bicyclic) bond motifs is 5. The van der Waals surface area contributed by atoms with E-state index in [9.17, 15) is 9.59 Å². The number of hydrogen-bond acceptors (Lipinski definition) is 4. The summed E-state index contributed by atoms with van der Waals surface area (Å²) in [5.41, 5.74) is 1.00. The Morgan fingerprint density at radius 1 is 0.929 bits per heavy atom. The molecule has 2 amide bonds. The molecule has 2 bridgehead atoms. The summed E-state index contributed by atoms with van der Waals surface area (Å²) in [5, 5.41) is -0.0521. The van der Waals surface area contributed by atoms with Crippen LogP contribution in [0.1, 0.15) is 5.56 Å². The number of nitrogens with zero attached hydrogens (tertiary/aromatic N) is 1. The number of ether oxygens (including phenoxy) is 2. The molecule has 2 aliphatic carbocycles. The van der Waals surface area contributed by atoms with Gasteiger partial charge in [-0.2, -0.15) is 0 Å². The molecule has 1 aromatic carbocycles. The Kier molecular flexibility index (Phi) is 4.82. The predicted molar refractivity (Wildman–Crippen MR) is 106 cm³/mol. The summed E-state index contributed by atoms with van der Waals surface area (Å²) in [6.45, 7) is 0.205. The van der Waals surface area contributed by atoms with Crippen LogP contribution < -0.4 is 0 Å². The number of carbonyl (C=O) groups excluding carboxylic acids is 2. The molecule has 5 nitrogen and oxygen atoms in total. The summed E-state index contributed by atoms with van der Waals surface area (Å²) >= 11 is 26.6. The SMILES string of the molecule is COC1(OC)[C@@]2(Cl)C(Cl)=C(Cl)[C@@]1(Cl)[C@@H]1C(=O)N(CCc3ccccc3)C(=O)[C@H]12. The summed E-state index contributed by atoms with van der Waals surface area (Å²) in [7, 11) is 2.67. The lowest BCUT2D eigenvalue weighted by Gasteiger charge is -2.42. The minimum atomic E-state index is -1.75. The van der Waals surface area contributed by atoms with Gasteiger partial charge in [-0.1, -0.05) is 53.5 Å². The van der Waals surface area contributed by atoms with Gasteiger partial charge in [-0.3, -0.25) is 14.5 Å². The van der Waals surface area contributed by atoms with Crippen molar-refractivity contribution in [2.75, 3.05) is 20.8 Å². The van der Waals surface area contributed by atoms with Crippen LogP contribution in [0.5, 0.6) is 0 Å². The van der Waals surface area contributed by atoms with Crippen molar-refractivity contribution in [1.82, 2.24) is 4.90 Å². The zero-order valence-corrected chi connectivity index (χ0v) is 18.1. The lowest BCUT2D eigenvalue weighted by molar-refractivity contribution is -0.222. The molecule has 2 fully saturated rings. The molecule has 0 N–H and O–H groups in total. The number of likely N-dealkylation sites (tertiary alicyclic amines) is 1. The van der Waals surface area contributed by atoms with Gasteiger partial charge in [0.2, 0.25) is 17.6 Å². The minimum Gasteiger partial charge on any atom is -0.350 e. The Labute approximate surface area is 182 Å². The first kappa shape index (κ1) is 20.5. The molecule has 1 saturated heterocycles. The average Bonchev–Trinajstić information content (AvgIpc) is 3.11. The number of benzene rings is 1. The molecule has 4 atom stereocenters. The Hall–Kier alpha value is -0.820. The van der Waals surface area contributed by atoms with Crippen molar-refractivity contribution >= 4 is 58.2 Å². The number of amides is 2. The van der Waals surface area contributed by atoms with E-state index in [2.05, 4.69) is 0 Å². The molecule has 0 unspecified atom stereocenters. The van der Waals surface area contributed by atoms with Gasteiger partial charge in [-0.15, -0.1) is 23.2 Å². The van der Waals surface area contributed by atoms with Crippen LogP contribution in [-0.2, 0) is 25.5 Å². The van der Waals surface area contributed by atoms with Crippen molar-refractivity contribution in [2.24, 2.45) is 11.8 Å². The number of carbonyl (C=O) groups is 2. The molecule has 1 aliphatic heterocycles. The van der Waals surface area contributed by atoms with Crippen molar-refractivity contribution < 1.29 is 19.1 Å². The monoisotopic (exact) mass is 463 g/mol. The summed E-state index contributed by atoms with van der Waals surface area (Å²) in [5.74, 6) is -4.73. The van der Waals surface area contributed by atoms with Crippen LogP contribution in [0.4, 0.5) is 0 Å². The van der Waals surface area contributed by atoms with Gasteiger partial charge in [0.15, 0.2) is 0 Å². The average molecular weight is 465 g/mol. The molecular weight excluding hydrogens is 448 g/mol. The van der Waals surface area contributed by atoms with E-state index in [1.807, 2.05) is 30.3 Å². The number of hydrogen-bond donors (Lipinski definition) is 0. The first-order valence-corrected chi connectivity index (χ1v) is 10.2. The molecule has 0 radical (unpaired) electrons. The number of rotatable bonds is 5. The molecule has 3 aliphatic rings. The third kappa shape index (κ3) is 2.08. The number of alkyl halides is 2. The molecule has 28 heavy (non-hydrogen) atoms. The van der Waals surface area contributed by atoms with Crippen molar-refractivity contribution in [3.8, 4) is 0 Å². The molecule has 0 spiro atoms. The van der Waals surface area contributed by atoms with Crippen molar-refractivity contribution in [3.63, 3.8) is 0 Å². The van der Waals surface area contributed by atoms with E-state index in [4.69, 9.17) is 55.9 Å². The van der Waals surface area contributed by atoms with Crippen LogP contribution >= 0.6 is 46.4 Å². The molecule has 1 saturated carbocycles. The molecule has 9 heteroatoms. The second kappa shape index (κ2) is 6.59. The Morgan fingerprint density at radius 2 is 1.39 bits per heavy atom. The van der Waals surface area contributed by atoms with Gasteiger partial charge >= 0.3 is 0 Å². The molecule has 0 aromatic heterocycles. The van der Waals surface area contributed by atoms with Gasteiger partial charge in [0.1, 0.15) is 9.75 Å². The van der Waals surface area contributed by atoms with Crippen LogP contribution in [-0.4, -0.2) is 53.0 Å². The zero-order valence-electron chi connectivity index (χ0n) is 15.0. The Bertz CT molecular complexity index is 841. The van der Waals surface area contributed by atoms with Crippen LogP contribution in [0.3, 0.4) is 0 Å². The van der Waals surface area contributed by atoms with Gasteiger partial charge in [-0.25, -0.2) is 0 Å². The fraction of sp³-hybridized carbons (Fsp3) is 0.474. The standard InChI is InChI=1S/C19H17Cl4NO4/c1-27-19(28-2)17(22)11-12(18(19,23)14(21)13(17)20)16(26)24(15(11)25)9-8-10-6-4-3-5-7-10/h3-7,11-12H,8-9H2,1-2H3/t11-,12-,17-,18-/m0/s1. The van der Waals surface area contributed by atoms with E-state index in [0.29, 0.717) is 6.42 Å². The summed E-state index contributed by atoms with van der Waals surface area (Å²) < 4.78 is 11.1. The largest absolute Gasteiger partial charge is 0.350 e. The third-order valence-corrected chi connectivity index (χ3v) is 8.70. The lowest BCUT2D eigenvalue weighted by atomic mass is 9.84. The highest BCUT2D eigenvalue weighted by molar-refractivity contribution is 6.53. The molecular formula is C19H17Cl4NO4. The Balaban J connectivity index is 1.74. The fourth-order valence-electron chi connectivity index (χ4n) is 4.87. The number of methoxy groups -OCH3 is 2. The zero-order chi connectivity index (χ0) is 20.5. The summed E-state index contributed by atoms with van der Waals surface area (Å²) in [6.07, 6.45) is 0.511. The normalized spacial score (nSPS) is 35.9. The van der Waals surface area contributed by atoms with Gasteiger partial charge in [0.05, 0.1) is 21.9 Å². The maximum Gasteiger partial charge on any atom is 0.235 e. The Morgan fingerprint density at radius 3 is 1.82 bits per heavy atom. The van der Waals surface area contributed by atoms with E-state index in [1.54, 1.807) is 0 Å². The molecule has 150 valence electrons. The van der Waals surface area contributed by atoms with E-state index in [0.717, 1.165) is 5.56 Å². The van der Waals surface area contributed by atoms with Crippen molar-refractivity contribution in [3.05, 3.63) is 46.0 Å². The first-order valence-electron chi connectivity index (χ1n) is 8.65. The van der Waals surface area contributed by atoms with Gasteiger partial charge in [0, 0.05) is 20.8 Å². The van der Waals surface area contributed by atoms with Gasteiger partial charge < -0.3 is 9.47 Å². The van der Waals surface area contributed by atoms with E-state index < -0.39 is 39.2 Å². The van der Waals surface area contributed by atoms with E-state index in [1.165, 1.54) is 19.1 Å². The highest BCUT2D eigenvalue weighted by atomic mass is 35.5. The topological polar surface area (TPSA) is 55.8 Å². The predicted octanol–water partition coefficient (Wildman–Crippen LogP) is 3.49. The third-order valence-electron chi connectivity index (χ3n) is 6.09. The van der Waals surface area contributed by atoms with Crippen LogP contribution in [0.25, 0.3) is 0 Å². The fourth-order valence-corrected chi connectivity index (χ4v) is 7.03. The van der Waals surface area contributed by atoms with Crippen molar-refractivity contribution in [2.45, 2.75) is 22.0 Å².